The molecule has 2 aromatic carbocycles. The topological polar surface area (TPSA) is 156 Å². The number of nitrogens with zero attached hydrogens (tertiary/aromatic N) is 6. The molecule has 0 radical (unpaired) electrons. The van der Waals surface area contributed by atoms with Crippen LogP contribution in [0.15, 0.2) is 42.5 Å². The van der Waals surface area contributed by atoms with Gasteiger partial charge in [0.25, 0.3) is 17.7 Å². The highest BCUT2D eigenvalue weighted by atomic mass is 35.5. The second-order valence-corrected chi connectivity index (χ2v) is 17.9. The summed E-state index contributed by atoms with van der Waals surface area (Å²) in [5.41, 5.74) is 0.825. The number of ether oxygens (including phenoxy) is 1. The number of halogens is 2. The number of hydrogen-bond acceptors (Lipinski definition) is 10. The number of pyridine rings is 1. The van der Waals surface area contributed by atoms with Gasteiger partial charge in [0.2, 0.25) is 11.8 Å². The van der Waals surface area contributed by atoms with Crippen LogP contribution in [0.1, 0.15) is 102 Å². The van der Waals surface area contributed by atoms with Gasteiger partial charge in [-0.1, -0.05) is 45.2 Å². The Morgan fingerprint density at radius 3 is 2.24 bits per heavy atom. The second-order valence-electron chi connectivity index (χ2n) is 17.5. The van der Waals surface area contributed by atoms with Gasteiger partial charge >= 0.3 is 0 Å². The molecular weight excluding hydrogens is 777 g/mol. The van der Waals surface area contributed by atoms with Crippen LogP contribution in [0.5, 0.6) is 5.75 Å². The van der Waals surface area contributed by atoms with Gasteiger partial charge in [0.1, 0.15) is 35.5 Å². The molecule has 1 aliphatic carbocycles. The van der Waals surface area contributed by atoms with Crippen molar-refractivity contribution in [1.82, 2.24) is 25.0 Å². The van der Waals surface area contributed by atoms with Crippen LogP contribution in [0, 0.1) is 39.8 Å². The monoisotopic (exact) mass is 819 g/mol. The van der Waals surface area contributed by atoms with E-state index in [4.69, 9.17) is 21.3 Å². The number of carbonyl (C=O) groups excluding carboxylic acids is 5. The van der Waals surface area contributed by atoms with Crippen molar-refractivity contribution in [3.63, 3.8) is 0 Å². The minimum Gasteiger partial charge on any atom is -0.489 e. The number of imide groups is 2. The van der Waals surface area contributed by atoms with Gasteiger partial charge in [0, 0.05) is 55.5 Å². The van der Waals surface area contributed by atoms with E-state index in [1.165, 1.54) is 6.07 Å². The summed E-state index contributed by atoms with van der Waals surface area (Å²) in [6.07, 6.45) is -0.228. The van der Waals surface area contributed by atoms with Crippen molar-refractivity contribution in [1.29, 1.82) is 5.26 Å². The van der Waals surface area contributed by atoms with Crippen LogP contribution in [0.2, 0.25) is 5.02 Å². The molecule has 8 rings (SSSR count). The number of anilines is 1. The lowest BCUT2D eigenvalue weighted by atomic mass is 9.49. The molecule has 13 nitrogen and oxygen atoms in total. The number of benzene rings is 2. The maximum absolute atomic E-state index is 15.6. The molecule has 1 aromatic heterocycles. The molecule has 1 N–H and O–H groups in total. The largest absolute Gasteiger partial charge is 0.489 e. The number of nitrogens with one attached hydrogen (secondary N) is 1. The lowest BCUT2D eigenvalue weighted by Gasteiger charge is -2.65. The maximum atomic E-state index is 15.6. The van der Waals surface area contributed by atoms with Crippen LogP contribution in [0.3, 0.4) is 0 Å². The highest BCUT2D eigenvalue weighted by Gasteiger charge is 2.67. The van der Waals surface area contributed by atoms with Crippen LogP contribution >= 0.6 is 11.6 Å². The molecule has 0 spiro atoms. The number of nitriles is 1. The maximum Gasteiger partial charge on any atom is 0.262 e. The standard InChI is InChI=1S/C44H43ClFN7O6/c1-42(2,51-17-15-50(16-18-51)34-21-29-28(20-31(34)46)38(57)53(39(29)58)33-11-12-35(54)49-36(33)55)14-13-25-8-10-27-32(48-25)23-52(37(27)56)40-43(3,4)41(44(40,5)6)59-26-9-7-24(22-47)30(45)19-26/h7-10,19-21,33,40-41H,11-12,15-18,23H2,1-6H3,(H,49,54,55). The zero-order valence-electron chi connectivity index (χ0n) is 33.6. The first-order valence-electron chi connectivity index (χ1n) is 19.6. The zero-order chi connectivity index (χ0) is 42.3. The van der Waals surface area contributed by atoms with E-state index in [2.05, 4.69) is 55.8 Å². The van der Waals surface area contributed by atoms with Crippen molar-refractivity contribution >= 4 is 46.8 Å². The average Bonchev–Trinajstić information content (AvgIpc) is 3.62. The fraction of sp³-hybridized carbons (Fsp3) is 0.432. The molecule has 1 unspecified atom stereocenters. The number of piperazine rings is 1. The first-order valence-corrected chi connectivity index (χ1v) is 20.0. The molecule has 1 atom stereocenters. The van der Waals surface area contributed by atoms with Crippen LogP contribution in [-0.4, -0.2) is 99.1 Å². The van der Waals surface area contributed by atoms with Crippen LogP contribution in [0.25, 0.3) is 0 Å². The van der Waals surface area contributed by atoms with E-state index in [-0.39, 0.29) is 47.7 Å². The third-order valence-corrected chi connectivity index (χ3v) is 12.9. The van der Waals surface area contributed by atoms with E-state index in [0.29, 0.717) is 66.0 Å². The summed E-state index contributed by atoms with van der Waals surface area (Å²) in [4.78, 5) is 76.0. The Labute approximate surface area is 346 Å². The Bertz CT molecular complexity index is 2460. The van der Waals surface area contributed by atoms with E-state index < -0.39 is 51.9 Å². The van der Waals surface area contributed by atoms with Gasteiger partial charge in [-0.25, -0.2) is 9.37 Å². The summed E-state index contributed by atoms with van der Waals surface area (Å²) < 4.78 is 22.0. The first kappa shape index (κ1) is 40.0. The molecule has 15 heteroatoms. The number of carbonyl (C=O) groups is 5. The smallest absolute Gasteiger partial charge is 0.262 e. The fourth-order valence-electron chi connectivity index (χ4n) is 10.0. The van der Waals surface area contributed by atoms with Crippen molar-refractivity contribution < 1.29 is 33.1 Å². The van der Waals surface area contributed by atoms with Gasteiger partial charge in [0.05, 0.1) is 50.7 Å². The highest BCUT2D eigenvalue weighted by molar-refractivity contribution is 6.31. The lowest BCUT2D eigenvalue weighted by Crippen LogP contribution is -2.74. The van der Waals surface area contributed by atoms with Gasteiger partial charge in [0.15, 0.2) is 0 Å². The van der Waals surface area contributed by atoms with E-state index >= 15 is 4.39 Å². The summed E-state index contributed by atoms with van der Waals surface area (Å²) in [5, 5.41) is 11.8. The average molecular weight is 820 g/mol. The van der Waals surface area contributed by atoms with Crippen molar-refractivity contribution in [2.45, 2.75) is 84.7 Å². The molecule has 0 bridgehead atoms. The highest BCUT2D eigenvalue weighted by Crippen LogP contribution is 2.59. The molecule has 1 saturated carbocycles. The Kier molecular flexibility index (Phi) is 9.60. The number of aromatic nitrogens is 1. The predicted octanol–water partition coefficient (Wildman–Crippen LogP) is 4.94. The SMILES string of the molecule is CC1(C)C(Oc2ccc(C#N)c(Cl)c2)C(C)(C)C1N1Cc2nc(C#CC(C)(C)N3CCN(c4cc5c(cc4F)C(=O)N(C4CCC(=O)NC4=O)C5=O)CC3)ccc2C1=O. The van der Waals surface area contributed by atoms with E-state index in [9.17, 15) is 29.2 Å². The fourth-order valence-corrected chi connectivity index (χ4v) is 10.2. The summed E-state index contributed by atoms with van der Waals surface area (Å²) in [5.74, 6) is 3.79. The molecule has 59 heavy (non-hydrogen) atoms. The third-order valence-electron chi connectivity index (χ3n) is 12.6. The van der Waals surface area contributed by atoms with E-state index in [0.717, 1.165) is 11.0 Å². The predicted molar refractivity (Wildman–Crippen MR) is 214 cm³/mol. The van der Waals surface area contributed by atoms with Crippen molar-refractivity contribution in [3.05, 3.63) is 86.9 Å². The van der Waals surface area contributed by atoms with Crippen LogP contribution < -0.4 is 15.0 Å². The second kappa shape index (κ2) is 14.2. The van der Waals surface area contributed by atoms with E-state index in [1.54, 1.807) is 30.3 Å². The van der Waals surface area contributed by atoms with E-state index in [1.807, 2.05) is 23.6 Å². The Morgan fingerprint density at radius 1 is 0.915 bits per heavy atom. The number of piperidine rings is 1. The molecule has 3 fully saturated rings. The first-order chi connectivity index (χ1) is 27.8. The normalized spacial score (nSPS) is 23.5. The lowest BCUT2D eigenvalue weighted by molar-refractivity contribution is -0.199. The van der Waals surface area contributed by atoms with Crippen LogP contribution in [0.4, 0.5) is 10.1 Å². The summed E-state index contributed by atoms with van der Waals surface area (Å²) in [6.45, 7) is 14.6. The molecule has 304 valence electrons. The molecule has 4 aliphatic heterocycles. The summed E-state index contributed by atoms with van der Waals surface area (Å²) >= 11 is 6.28. The number of hydrogen-bond donors (Lipinski definition) is 1. The minimum absolute atomic E-state index is 0.00601. The molecule has 5 amide bonds. The number of amides is 5. The quantitative estimate of drug-likeness (QED) is 0.267. The van der Waals surface area contributed by atoms with Gasteiger partial charge < -0.3 is 14.5 Å². The van der Waals surface area contributed by atoms with Crippen molar-refractivity contribution in [3.8, 4) is 23.7 Å². The van der Waals surface area contributed by atoms with Crippen molar-refractivity contribution in [2.24, 2.45) is 10.8 Å². The van der Waals surface area contributed by atoms with Crippen molar-refractivity contribution in [2.75, 3.05) is 31.1 Å². The van der Waals surface area contributed by atoms with Crippen LogP contribution in [-0.2, 0) is 16.1 Å². The summed E-state index contributed by atoms with van der Waals surface area (Å²) in [6, 6.07) is 11.8. The molecule has 5 heterocycles. The zero-order valence-corrected chi connectivity index (χ0v) is 34.4. The molecule has 3 aromatic rings. The van der Waals surface area contributed by atoms with Gasteiger partial charge in [-0.15, -0.1) is 0 Å². The molecule has 2 saturated heterocycles. The third kappa shape index (κ3) is 6.59. The van der Waals surface area contributed by atoms with Gasteiger partial charge in [-0.2, -0.15) is 5.26 Å². The van der Waals surface area contributed by atoms with Gasteiger partial charge in [-0.3, -0.25) is 39.1 Å². The Balaban J connectivity index is 0.914. The van der Waals surface area contributed by atoms with Gasteiger partial charge in [-0.05, 0) is 62.6 Å². The molecular formula is C44H43ClFN7O6. The number of rotatable bonds is 6. The summed E-state index contributed by atoms with van der Waals surface area (Å²) in [7, 11) is 0. The Morgan fingerprint density at radius 2 is 1.59 bits per heavy atom. The number of fused-ring (bicyclic) bond motifs is 2. The molecule has 5 aliphatic rings. The minimum atomic E-state index is -1.13. The Hall–Kier alpha value is -5.83.